The molecule has 1 fully saturated rings. The second-order valence-electron chi connectivity index (χ2n) is 5.75. The monoisotopic (exact) mass is 329 g/mol. The number of aromatic nitrogens is 1. The van der Waals surface area contributed by atoms with Gasteiger partial charge in [0.25, 0.3) is 0 Å². The molecule has 1 aliphatic rings. The Morgan fingerprint density at radius 2 is 1.96 bits per heavy atom. The third-order valence-corrected chi connectivity index (χ3v) is 4.44. The van der Waals surface area contributed by atoms with Crippen molar-refractivity contribution >= 4 is 17.5 Å². The molecule has 3 rings (SSSR count). The average Bonchev–Trinajstić information content (AvgIpc) is 2.61. The number of benzene rings is 1. The van der Waals surface area contributed by atoms with Gasteiger partial charge in [0.05, 0.1) is 12.2 Å². The van der Waals surface area contributed by atoms with E-state index in [1.807, 2.05) is 36.4 Å². The van der Waals surface area contributed by atoms with Gasteiger partial charge in [0, 0.05) is 22.7 Å². The van der Waals surface area contributed by atoms with Gasteiger partial charge in [0.1, 0.15) is 0 Å². The second kappa shape index (κ2) is 7.57. The number of halogens is 1. The third-order valence-electron chi connectivity index (χ3n) is 4.19. The molecule has 0 atom stereocenters. The van der Waals surface area contributed by atoms with Crippen LogP contribution in [-0.4, -0.2) is 24.0 Å². The predicted molar refractivity (Wildman–Crippen MR) is 92.1 cm³/mol. The summed E-state index contributed by atoms with van der Waals surface area (Å²) in [5, 5.41) is 7.02. The highest BCUT2D eigenvalue weighted by Crippen LogP contribution is 2.24. The molecular formula is C18H20ClN3O. The van der Waals surface area contributed by atoms with Crippen LogP contribution in [0, 0.1) is 5.92 Å². The van der Waals surface area contributed by atoms with Gasteiger partial charge >= 0.3 is 0 Å². The third kappa shape index (κ3) is 4.09. The lowest BCUT2D eigenvalue weighted by Gasteiger charge is -2.22. The first kappa shape index (κ1) is 16.0. The average molecular weight is 330 g/mol. The van der Waals surface area contributed by atoms with E-state index in [0.29, 0.717) is 11.6 Å². The molecule has 1 aromatic heterocycles. The van der Waals surface area contributed by atoms with Crippen LogP contribution in [0.5, 0.6) is 0 Å². The molecule has 5 heteroatoms. The molecule has 2 heterocycles. The molecule has 1 amide bonds. The van der Waals surface area contributed by atoms with Gasteiger partial charge in [-0.3, -0.25) is 9.78 Å². The fraction of sp³-hybridized carbons (Fsp3) is 0.333. The van der Waals surface area contributed by atoms with E-state index < -0.39 is 0 Å². The summed E-state index contributed by atoms with van der Waals surface area (Å²) in [6.45, 7) is 2.27. The Morgan fingerprint density at radius 3 is 2.70 bits per heavy atom. The number of pyridine rings is 1. The number of rotatable bonds is 4. The lowest BCUT2D eigenvalue weighted by molar-refractivity contribution is -0.125. The smallest absolute Gasteiger partial charge is 0.223 e. The van der Waals surface area contributed by atoms with Crippen molar-refractivity contribution in [1.29, 1.82) is 0 Å². The minimum absolute atomic E-state index is 0.110. The van der Waals surface area contributed by atoms with Crippen LogP contribution in [0.4, 0.5) is 0 Å². The van der Waals surface area contributed by atoms with Crippen molar-refractivity contribution in [2.45, 2.75) is 19.4 Å². The van der Waals surface area contributed by atoms with Gasteiger partial charge in [-0.25, -0.2) is 0 Å². The first-order chi connectivity index (χ1) is 11.2. The number of nitrogens with one attached hydrogen (secondary N) is 2. The quantitative estimate of drug-likeness (QED) is 0.906. The zero-order valence-electron chi connectivity index (χ0n) is 12.9. The molecule has 1 aliphatic heterocycles. The molecule has 4 nitrogen and oxygen atoms in total. The van der Waals surface area contributed by atoms with Crippen molar-refractivity contribution in [1.82, 2.24) is 15.6 Å². The first-order valence-corrected chi connectivity index (χ1v) is 8.30. The number of piperidine rings is 1. The maximum atomic E-state index is 12.3. The second-order valence-corrected chi connectivity index (χ2v) is 6.18. The Bertz CT molecular complexity index is 666. The van der Waals surface area contributed by atoms with E-state index in [9.17, 15) is 4.79 Å². The summed E-state index contributed by atoms with van der Waals surface area (Å²) in [6.07, 6.45) is 3.56. The lowest BCUT2D eigenvalue weighted by Crippen LogP contribution is -2.38. The number of hydrogen-bond donors (Lipinski definition) is 2. The lowest BCUT2D eigenvalue weighted by atomic mass is 9.97. The standard InChI is InChI=1S/C18H20ClN3O/c19-15-5-3-13(4-6-15)16-2-1-9-21-17(16)12-22-18(23)14-7-10-20-11-8-14/h1-6,9,14,20H,7-8,10-12H2,(H,22,23). The van der Waals surface area contributed by atoms with Gasteiger partial charge in [-0.2, -0.15) is 0 Å². The molecule has 2 aromatic rings. The van der Waals surface area contributed by atoms with Crippen LogP contribution in [0.15, 0.2) is 42.6 Å². The van der Waals surface area contributed by atoms with E-state index in [0.717, 1.165) is 42.8 Å². The van der Waals surface area contributed by atoms with Gasteiger partial charge in [0.15, 0.2) is 0 Å². The van der Waals surface area contributed by atoms with E-state index in [1.54, 1.807) is 6.20 Å². The summed E-state index contributed by atoms with van der Waals surface area (Å²) in [4.78, 5) is 16.7. The number of carbonyl (C=O) groups excluding carboxylic acids is 1. The van der Waals surface area contributed by atoms with E-state index in [4.69, 9.17) is 11.6 Å². The molecule has 120 valence electrons. The van der Waals surface area contributed by atoms with Crippen LogP contribution in [0.3, 0.4) is 0 Å². The van der Waals surface area contributed by atoms with Gasteiger partial charge in [0.2, 0.25) is 5.91 Å². The highest BCUT2D eigenvalue weighted by atomic mass is 35.5. The van der Waals surface area contributed by atoms with Crippen molar-refractivity contribution in [3.8, 4) is 11.1 Å². The molecule has 0 aliphatic carbocycles. The summed E-state index contributed by atoms with van der Waals surface area (Å²) < 4.78 is 0. The van der Waals surface area contributed by atoms with Gasteiger partial charge < -0.3 is 10.6 Å². The van der Waals surface area contributed by atoms with Crippen LogP contribution in [0.2, 0.25) is 5.02 Å². The summed E-state index contributed by atoms with van der Waals surface area (Å²) in [6, 6.07) is 11.6. The maximum Gasteiger partial charge on any atom is 0.223 e. The fourth-order valence-electron chi connectivity index (χ4n) is 2.87. The van der Waals surface area contributed by atoms with E-state index in [2.05, 4.69) is 15.6 Å². The van der Waals surface area contributed by atoms with Gasteiger partial charge in [-0.1, -0.05) is 29.8 Å². The van der Waals surface area contributed by atoms with Crippen LogP contribution >= 0.6 is 11.6 Å². The molecule has 0 spiro atoms. The Hall–Kier alpha value is -1.91. The highest BCUT2D eigenvalue weighted by Gasteiger charge is 2.20. The van der Waals surface area contributed by atoms with Crippen LogP contribution in [-0.2, 0) is 11.3 Å². The topological polar surface area (TPSA) is 54.0 Å². The normalized spacial score (nSPS) is 15.3. The molecule has 2 N–H and O–H groups in total. The van der Waals surface area contributed by atoms with Crippen LogP contribution in [0.1, 0.15) is 18.5 Å². The Kier molecular flexibility index (Phi) is 5.26. The molecule has 0 radical (unpaired) electrons. The maximum absolute atomic E-state index is 12.3. The zero-order valence-corrected chi connectivity index (χ0v) is 13.6. The van der Waals surface area contributed by atoms with E-state index >= 15 is 0 Å². The van der Waals surface area contributed by atoms with Crippen LogP contribution < -0.4 is 10.6 Å². The molecule has 0 unspecified atom stereocenters. The molecule has 23 heavy (non-hydrogen) atoms. The largest absolute Gasteiger partial charge is 0.350 e. The predicted octanol–water partition coefficient (Wildman–Crippen LogP) is 3.02. The Balaban J connectivity index is 1.70. The van der Waals surface area contributed by atoms with E-state index in [-0.39, 0.29) is 11.8 Å². The molecule has 1 aromatic carbocycles. The molecule has 1 saturated heterocycles. The number of carbonyl (C=O) groups is 1. The Morgan fingerprint density at radius 1 is 1.22 bits per heavy atom. The van der Waals surface area contributed by atoms with Crippen LogP contribution in [0.25, 0.3) is 11.1 Å². The van der Waals surface area contributed by atoms with Crippen molar-refractivity contribution in [2.24, 2.45) is 5.92 Å². The molecule has 0 saturated carbocycles. The van der Waals surface area contributed by atoms with Crippen molar-refractivity contribution < 1.29 is 4.79 Å². The van der Waals surface area contributed by atoms with Gasteiger partial charge in [-0.15, -0.1) is 0 Å². The molecule has 0 bridgehead atoms. The summed E-state index contributed by atoms with van der Waals surface area (Å²) in [5.41, 5.74) is 2.94. The van der Waals surface area contributed by atoms with E-state index in [1.165, 1.54) is 0 Å². The number of nitrogens with zero attached hydrogens (tertiary/aromatic N) is 1. The van der Waals surface area contributed by atoms with Crippen molar-refractivity contribution in [2.75, 3.05) is 13.1 Å². The summed E-state index contributed by atoms with van der Waals surface area (Å²) >= 11 is 5.95. The van der Waals surface area contributed by atoms with Gasteiger partial charge in [-0.05, 0) is 49.7 Å². The zero-order chi connectivity index (χ0) is 16.1. The SMILES string of the molecule is O=C(NCc1ncccc1-c1ccc(Cl)cc1)C1CCNCC1. The Labute approximate surface area is 141 Å². The van der Waals surface area contributed by atoms with Crippen molar-refractivity contribution in [3.05, 3.63) is 53.3 Å². The fourth-order valence-corrected chi connectivity index (χ4v) is 3.00. The van der Waals surface area contributed by atoms with Crippen molar-refractivity contribution in [3.63, 3.8) is 0 Å². The minimum atomic E-state index is 0.110. The first-order valence-electron chi connectivity index (χ1n) is 7.92. The number of amides is 1. The number of hydrogen-bond acceptors (Lipinski definition) is 3. The molecular weight excluding hydrogens is 310 g/mol. The summed E-state index contributed by atoms with van der Waals surface area (Å²) in [5.74, 6) is 0.234. The minimum Gasteiger partial charge on any atom is -0.350 e. The highest BCUT2D eigenvalue weighted by molar-refractivity contribution is 6.30. The summed E-state index contributed by atoms with van der Waals surface area (Å²) in [7, 11) is 0.